The Labute approximate surface area is 158 Å². The van der Waals surface area contributed by atoms with E-state index < -0.39 is 5.43 Å². The number of fused-ring (bicyclic) bond motifs is 1. The Kier molecular flexibility index (Phi) is 6.35. The average molecular weight is 369 g/mol. The predicted molar refractivity (Wildman–Crippen MR) is 106 cm³/mol. The molecule has 0 amide bonds. The van der Waals surface area contributed by atoms with Gasteiger partial charge in [-0.1, -0.05) is 57.2 Å². The molecule has 27 heavy (non-hydrogen) atoms. The van der Waals surface area contributed by atoms with E-state index in [0.29, 0.717) is 0 Å². The molecule has 2 aromatic heterocycles. The molecule has 3 rings (SSSR count). The Hall–Kier alpha value is -2.53. The minimum Gasteiger partial charge on any atom is -0.502 e. The van der Waals surface area contributed by atoms with Crippen LogP contribution in [0.2, 0.25) is 0 Å². The van der Waals surface area contributed by atoms with Crippen LogP contribution in [0.15, 0.2) is 45.7 Å². The standard InChI is InChI=1S/C22H27NO4/c1-2-3-4-5-6-10-17(18-13-23-19-11-8-7-9-16(18)19)22-21(26)20(25)12-15(14-24)27-22/h7-9,11-13,17,23-24,26H,2-6,10,14H2,1H3. The number of para-hydroxylation sites is 1. The second-order valence-corrected chi connectivity index (χ2v) is 6.99. The molecule has 0 radical (unpaired) electrons. The van der Waals surface area contributed by atoms with E-state index in [0.717, 1.165) is 41.8 Å². The number of hydrogen-bond acceptors (Lipinski definition) is 4. The van der Waals surface area contributed by atoms with Gasteiger partial charge in [0.2, 0.25) is 11.2 Å². The van der Waals surface area contributed by atoms with E-state index in [2.05, 4.69) is 11.9 Å². The largest absolute Gasteiger partial charge is 0.502 e. The van der Waals surface area contributed by atoms with Crippen LogP contribution in [-0.2, 0) is 6.61 Å². The van der Waals surface area contributed by atoms with Crippen molar-refractivity contribution in [3.63, 3.8) is 0 Å². The van der Waals surface area contributed by atoms with Crippen LogP contribution in [0.5, 0.6) is 5.75 Å². The summed E-state index contributed by atoms with van der Waals surface area (Å²) in [6.45, 7) is 1.81. The monoisotopic (exact) mass is 369 g/mol. The molecule has 0 aliphatic rings. The first-order valence-corrected chi connectivity index (χ1v) is 9.68. The van der Waals surface area contributed by atoms with Crippen molar-refractivity contribution < 1.29 is 14.6 Å². The molecule has 1 aromatic carbocycles. The number of unbranched alkanes of at least 4 members (excludes halogenated alkanes) is 4. The van der Waals surface area contributed by atoms with Crippen LogP contribution >= 0.6 is 0 Å². The first-order valence-electron chi connectivity index (χ1n) is 9.68. The molecule has 0 saturated heterocycles. The fourth-order valence-corrected chi connectivity index (χ4v) is 3.63. The summed E-state index contributed by atoms with van der Waals surface area (Å²) in [7, 11) is 0. The third-order valence-electron chi connectivity index (χ3n) is 5.07. The zero-order valence-corrected chi connectivity index (χ0v) is 15.7. The maximum Gasteiger partial charge on any atom is 0.227 e. The van der Waals surface area contributed by atoms with Crippen LogP contribution in [0.1, 0.15) is 68.5 Å². The topological polar surface area (TPSA) is 86.5 Å². The van der Waals surface area contributed by atoms with Gasteiger partial charge < -0.3 is 19.6 Å². The van der Waals surface area contributed by atoms with Crippen molar-refractivity contribution in [2.75, 3.05) is 0 Å². The quantitative estimate of drug-likeness (QED) is 0.472. The number of aromatic hydroxyl groups is 1. The summed E-state index contributed by atoms with van der Waals surface area (Å²) >= 11 is 0. The number of benzene rings is 1. The highest BCUT2D eigenvalue weighted by molar-refractivity contribution is 5.84. The van der Waals surface area contributed by atoms with Gasteiger partial charge in [0.1, 0.15) is 12.4 Å². The fraction of sp³-hybridized carbons (Fsp3) is 0.409. The number of aliphatic hydroxyl groups is 1. The van der Waals surface area contributed by atoms with Gasteiger partial charge in [-0.2, -0.15) is 0 Å². The summed E-state index contributed by atoms with van der Waals surface area (Å²) < 4.78 is 5.74. The molecular formula is C22H27NO4. The molecule has 0 bridgehead atoms. The van der Waals surface area contributed by atoms with Crippen molar-refractivity contribution >= 4 is 10.9 Å². The second kappa shape index (κ2) is 8.91. The Morgan fingerprint density at radius 3 is 2.70 bits per heavy atom. The number of aromatic amines is 1. The van der Waals surface area contributed by atoms with Gasteiger partial charge in [-0.3, -0.25) is 4.79 Å². The van der Waals surface area contributed by atoms with Crippen molar-refractivity contribution in [2.45, 2.75) is 58.0 Å². The lowest BCUT2D eigenvalue weighted by atomic mass is 9.89. The normalized spacial score (nSPS) is 12.5. The number of aliphatic hydroxyl groups excluding tert-OH is 1. The van der Waals surface area contributed by atoms with E-state index in [-0.39, 0.29) is 29.8 Å². The third-order valence-corrected chi connectivity index (χ3v) is 5.07. The van der Waals surface area contributed by atoms with Gasteiger partial charge in [-0.25, -0.2) is 0 Å². The van der Waals surface area contributed by atoms with Crippen LogP contribution in [0.4, 0.5) is 0 Å². The van der Waals surface area contributed by atoms with Gasteiger partial charge in [-0.05, 0) is 18.1 Å². The van der Waals surface area contributed by atoms with Gasteiger partial charge in [-0.15, -0.1) is 0 Å². The number of aromatic nitrogens is 1. The molecule has 0 spiro atoms. The summed E-state index contributed by atoms with van der Waals surface area (Å²) in [5, 5.41) is 20.9. The minimum absolute atomic E-state index is 0.170. The van der Waals surface area contributed by atoms with Crippen molar-refractivity contribution in [3.05, 3.63) is 63.8 Å². The summed E-state index contributed by atoms with van der Waals surface area (Å²) in [6.07, 6.45) is 8.30. The highest BCUT2D eigenvalue weighted by atomic mass is 16.4. The lowest BCUT2D eigenvalue weighted by Crippen LogP contribution is -2.10. The van der Waals surface area contributed by atoms with Gasteiger partial charge in [0.05, 0.1) is 0 Å². The summed E-state index contributed by atoms with van der Waals surface area (Å²) in [6, 6.07) is 9.10. The van der Waals surface area contributed by atoms with E-state index in [9.17, 15) is 15.0 Å². The smallest absolute Gasteiger partial charge is 0.227 e. The number of rotatable bonds is 9. The van der Waals surface area contributed by atoms with Crippen molar-refractivity contribution in [1.29, 1.82) is 0 Å². The third kappa shape index (κ3) is 4.25. The first-order chi connectivity index (χ1) is 13.2. The Bertz CT molecular complexity index is 941. The summed E-state index contributed by atoms with van der Waals surface area (Å²) in [5.41, 5.74) is 1.48. The molecule has 5 heteroatoms. The molecule has 3 aromatic rings. The Balaban J connectivity index is 2.00. The minimum atomic E-state index is -0.517. The van der Waals surface area contributed by atoms with Crippen LogP contribution < -0.4 is 5.43 Å². The van der Waals surface area contributed by atoms with E-state index in [1.165, 1.54) is 19.3 Å². The van der Waals surface area contributed by atoms with E-state index >= 15 is 0 Å². The molecule has 0 aliphatic carbocycles. The van der Waals surface area contributed by atoms with Crippen molar-refractivity contribution in [3.8, 4) is 5.75 Å². The Morgan fingerprint density at radius 2 is 1.93 bits per heavy atom. The highest BCUT2D eigenvalue weighted by Crippen LogP contribution is 2.38. The average Bonchev–Trinajstić information content (AvgIpc) is 3.11. The van der Waals surface area contributed by atoms with Crippen molar-refractivity contribution in [1.82, 2.24) is 4.98 Å². The fourth-order valence-electron chi connectivity index (χ4n) is 3.63. The van der Waals surface area contributed by atoms with Gasteiger partial charge in [0, 0.05) is 29.1 Å². The van der Waals surface area contributed by atoms with Crippen molar-refractivity contribution in [2.24, 2.45) is 0 Å². The zero-order valence-electron chi connectivity index (χ0n) is 15.7. The maximum absolute atomic E-state index is 12.1. The van der Waals surface area contributed by atoms with Gasteiger partial charge in [0.15, 0.2) is 5.76 Å². The van der Waals surface area contributed by atoms with Gasteiger partial charge in [0.25, 0.3) is 0 Å². The number of hydrogen-bond donors (Lipinski definition) is 3. The molecule has 0 aliphatic heterocycles. The predicted octanol–water partition coefficient (Wildman–Crippen LogP) is 4.81. The highest BCUT2D eigenvalue weighted by Gasteiger charge is 2.25. The lowest BCUT2D eigenvalue weighted by Gasteiger charge is -2.17. The zero-order chi connectivity index (χ0) is 19.2. The first kappa shape index (κ1) is 19.2. The molecule has 1 atom stereocenters. The second-order valence-electron chi connectivity index (χ2n) is 6.99. The SMILES string of the molecule is CCCCCCCC(c1oc(CO)cc(=O)c1O)c1c[nH]c2ccccc12. The maximum atomic E-state index is 12.1. The molecule has 0 saturated carbocycles. The van der Waals surface area contributed by atoms with Crippen LogP contribution in [0.25, 0.3) is 10.9 Å². The number of nitrogens with one attached hydrogen (secondary N) is 1. The summed E-state index contributed by atoms with van der Waals surface area (Å²) in [4.78, 5) is 15.4. The molecular weight excluding hydrogens is 342 g/mol. The molecule has 0 fully saturated rings. The molecule has 2 heterocycles. The van der Waals surface area contributed by atoms with E-state index in [1.807, 2.05) is 30.5 Å². The van der Waals surface area contributed by atoms with E-state index in [1.54, 1.807) is 0 Å². The van der Waals surface area contributed by atoms with Crippen LogP contribution in [0.3, 0.4) is 0 Å². The summed E-state index contributed by atoms with van der Waals surface area (Å²) in [5.74, 6) is -0.201. The van der Waals surface area contributed by atoms with Gasteiger partial charge >= 0.3 is 0 Å². The molecule has 5 nitrogen and oxygen atoms in total. The number of H-pyrrole nitrogens is 1. The molecule has 1 unspecified atom stereocenters. The molecule has 144 valence electrons. The lowest BCUT2D eigenvalue weighted by molar-refractivity contribution is 0.232. The van der Waals surface area contributed by atoms with Crippen LogP contribution in [0, 0.1) is 0 Å². The molecule has 3 N–H and O–H groups in total. The van der Waals surface area contributed by atoms with E-state index in [4.69, 9.17) is 4.42 Å². The van der Waals surface area contributed by atoms with Crippen LogP contribution in [-0.4, -0.2) is 15.2 Å². The Morgan fingerprint density at radius 1 is 1.15 bits per heavy atom.